The molecule has 2 aromatic heterocycles. The Morgan fingerprint density at radius 1 is 1.11 bits per heavy atom. The Bertz CT molecular complexity index is 1220. The van der Waals surface area contributed by atoms with Gasteiger partial charge in [0, 0.05) is 6.42 Å². The lowest BCUT2D eigenvalue weighted by Gasteiger charge is -2.09. The Hall–Kier alpha value is -3.42. The van der Waals surface area contributed by atoms with Crippen LogP contribution in [-0.2, 0) is 12.6 Å². The summed E-state index contributed by atoms with van der Waals surface area (Å²) >= 11 is 0. The van der Waals surface area contributed by atoms with Gasteiger partial charge in [0.15, 0.2) is 5.65 Å². The molecule has 0 atom stereocenters. The summed E-state index contributed by atoms with van der Waals surface area (Å²) in [5, 5.41) is 4.58. The summed E-state index contributed by atoms with van der Waals surface area (Å²) in [5.74, 6) is 0.271. The van der Waals surface area contributed by atoms with Crippen LogP contribution in [0.2, 0.25) is 0 Å². The maximum Gasteiger partial charge on any atom is 0.416 e. The van der Waals surface area contributed by atoms with E-state index >= 15 is 0 Å². The zero-order valence-electron chi connectivity index (χ0n) is 14.8. The smallest absolute Gasteiger partial charge is 0.310 e. The van der Waals surface area contributed by atoms with Crippen LogP contribution >= 0.6 is 0 Å². The van der Waals surface area contributed by atoms with Gasteiger partial charge in [-0.2, -0.15) is 18.3 Å². The number of rotatable bonds is 3. The fraction of sp³-hybridized carbons (Fsp3) is 0.150. The summed E-state index contributed by atoms with van der Waals surface area (Å²) in [5.41, 5.74) is 1.37. The number of fused-ring (bicyclic) bond motifs is 1. The van der Waals surface area contributed by atoms with Gasteiger partial charge in [-0.1, -0.05) is 36.4 Å². The van der Waals surface area contributed by atoms with Crippen LogP contribution in [0.25, 0.3) is 16.7 Å². The van der Waals surface area contributed by atoms with Crippen molar-refractivity contribution in [3.05, 3.63) is 87.6 Å². The SMILES string of the molecule is Cc1ccccc1-n1ncc2c(=O)[nH]c(Cc3cccc(C(F)(F)F)c3)nc21. The van der Waals surface area contributed by atoms with Gasteiger partial charge in [-0.05, 0) is 30.2 Å². The monoisotopic (exact) mass is 384 g/mol. The third kappa shape index (κ3) is 3.28. The fourth-order valence-corrected chi connectivity index (χ4v) is 3.08. The van der Waals surface area contributed by atoms with E-state index in [4.69, 9.17) is 0 Å². The molecule has 28 heavy (non-hydrogen) atoms. The van der Waals surface area contributed by atoms with Gasteiger partial charge in [0.25, 0.3) is 5.56 Å². The van der Waals surface area contributed by atoms with Crippen LogP contribution in [0, 0.1) is 6.92 Å². The minimum Gasteiger partial charge on any atom is -0.310 e. The highest BCUT2D eigenvalue weighted by molar-refractivity contribution is 5.75. The summed E-state index contributed by atoms with van der Waals surface area (Å²) in [6, 6.07) is 12.5. The second-order valence-corrected chi connectivity index (χ2v) is 6.47. The molecule has 4 rings (SSSR count). The number of benzene rings is 2. The third-order valence-corrected chi connectivity index (χ3v) is 4.46. The molecule has 0 aliphatic rings. The van der Waals surface area contributed by atoms with Crippen LogP contribution in [0.1, 0.15) is 22.5 Å². The number of para-hydroxylation sites is 1. The predicted molar refractivity (Wildman–Crippen MR) is 98.5 cm³/mol. The molecule has 0 saturated heterocycles. The lowest BCUT2D eigenvalue weighted by molar-refractivity contribution is -0.137. The molecule has 142 valence electrons. The summed E-state index contributed by atoms with van der Waals surface area (Å²) in [7, 11) is 0. The molecule has 1 N–H and O–H groups in total. The van der Waals surface area contributed by atoms with Gasteiger partial charge in [0.05, 0.1) is 17.4 Å². The Labute approximate surface area is 157 Å². The molecule has 0 aliphatic heterocycles. The van der Waals surface area contributed by atoms with Gasteiger partial charge in [0.2, 0.25) is 0 Å². The van der Waals surface area contributed by atoms with Crippen molar-refractivity contribution in [1.82, 2.24) is 19.7 Å². The third-order valence-electron chi connectivity index (χ3n) is 4.46. The largest absolute Gasteiger partial charge is 0.416 e. The normalized spacial score (nSPS) is 11.9. The molecular weight excluding hydrogens is 369 g/mol. The lowest BCUT2D eigenvalue weighted by atomic mass is 10.1. The molecule has 0 amide bonds. The summed E-state index contributed by atoms with van der Waals surface area (Å²) in [6.45, 7) is 1.92. The van der Waals surface area contributed by atoms with Crippen LogP contribution in [-0.4, -0.2) is 19.7 Å². The average molecular weight is 384 g/mol. The first kappa shape index (κ1) is 18.0. The van der Waals surface area contributed by atoms with Crippen LogP contribution in [0.5, 0.6) is 0 Å². The number of hydrogen-bond acceptors (Lipinski definition) is 3. The molecular formula is C20H15F3N4O. The Morgan fingerprint density at radius 2 is 1.89 bits per heavy atom. The maximum absolute atomic E-state index is 12.9. The maximum atomic E-state index is 12.9. The number of nitrogens with zero attached hydrogens (tertiary/aromatic N) is 3. The van der Waals surface area contributed by atoms with Crippen molar-refractivity contribution in [3.8, 4) is 5.69 Å². The van der Waals surface area contributed by atoms with Crippen molar-refractivity contribution in [2.24, 2.45) is 0 Å². The summed E-state index contributed by atoms with van der Waals surface area (Å²) < 4.78 is 40.4. The van der Waals surface area contributed by atoms with E-state index < -0.39 is 11.7 Å². The van der Waals surface area contributed by atoms with E-state index in [1.54, 1.807) is 10.7 Å². The quantitative estimate of drug-likeness (QED) is 0.580. The molecule has 0 saturated carbocycles. The second-order valence-electron chi connectivity index (χ2n) is 6.47. The minimum atomic E-state index is -4.43. The van der Waals surface area contributed by atoms with Gasteiger partial charge in [-0.3, -0.25) is 4.79 Å². The van der Waals surface area contributed by atoms with Gasteiger partial charge in [0.1, 0.15) is 11.2 Å². The average Bonchev–Trinajstić information content (AvgIpc) is 3.06. The number of nitrogens with one attached hydrogen (secondary N) is 1. The molecule has 8 heteroatoms. The van der Waals surface area contributed by atoms with E-state index in [1.807, 2.05) is 31.2 Å². The van der Waals surface area contributed by atoms with E-state index in [0.717, 1.165) is 23.4 Å². The summed E-state index contributed by atoms with van der Waals surface area (Å²) in [4.78, 5) is 19.5. The Kier molecular flexibility index (Phi) is 4.26. The van der Waals surface area contributed by atoms with Gasteiger partial charge in [-0.15, -0.1) is 0 Å². The van der Waals surface area contributed by atoms with E-state index in [2.05, 4.69) is 15.1 Å². The first-order chi connectivity index (χ1) is 13.3. The van der Waals surface area contributed by atoms with Crippen molar-refractivity contribution in [2.45, 2.75) is 19.5 Å². The van der Waals surface area contributed by atoms with E-state index in [9.17, 15) is 18.0 Å². The molecule has 4 aromatic rings. The number of H-pyrrole nitrogens is 1. The van der Waals surface area contributed by atoms with Crippen molar-refractivity contribution in [1.29, 1.82) is 0 Å². The molecule has 0 bridgehead atoms. The number of aromatic amines is 1. The lowest BCUT2D eigenvalue weighted by Crippen LogP contribution is -2.13. The first-order valence-electron chi connectivity index (χ1n) is 8.52. The molecule has 0 radical (unpaired) electrons. The minimum absolute atomic E-state index is 0.0635. The van der Waals surface area contributed by atoms with Crippen molar-refractivity contribution >= 4 is 11.0 Å². The fourth-order valence-electron chi connectivity index (χ4n) is 3.08. The highest BCUT2D eigenvalue weighted by atomic mass is 19.4. The molecule has 0 aliphatic carbocycles. The second kappa shape index (κ2) is 6.63. The highest BCUT2D eigenvalue weighted by Gasteiger charge is 2.30. The van der Waals surface area contributed by atoms with Crippen molar-refractivity contribution < 1.29 is 13.2 Å². The Morgan fingerprint density at radius 3 is 2.64 bits per heavy atom. The van der Waals surface area contributed by atoms with Gasteiger partial charge < -0.3 is 4.98 Å². The van der Waals surface area contributed by atoms with Crippen LogP contribution < -0.4 is 5.56 Å². The van der Waals surface area contributed by atoms with E-state index in [0.29, 0.717) is 16.6 Å². The highest BCUT2D eigenvalue weighted by Crippen LogP contribution is 2.29. The van der Waals surface area contributed by atoms with Crippen molar-refractivity contribution in [2.75, 3.05) is 0 Å². The topological polar surface area (TPSA) is 63.6 Å². The molecule has 0 unspecified atom stereocenters. The molecule has 0 spiro atoms. The molecule has 0 fully saturated rings. The zero-order chi connectivity index (χ0) is 19.9. The standard InChI is InChI=1S/C20H15F3N4O/c1-12-5-2-3-8-16(12)27-18-15(11-24-27)19(28)26-17(25-18)10-13-6-4-7-14(9-13)20(21,22)23/h2-9,11H,10H2,1H3,(H,25,26,28). The zero-order valence-corrected chi connectivity index (χ0v) is 14.8. The van der Waals surface area contributed by atoms with Crippen molar-refractivity contribution in [3.63, 3.8) is 0 Å². The van der Waals surface area contributed by atoms with E-state index in [-0.39, 0.29) is 17.8 Å². The Balaban J connectivity index is 1.79. The predicted octanol–water partition coefficient (Wildman–Crippen LogP) is 4.03. The summed E-state index contributed by atoms with van der Waals surface area (Å²) in [6.07, 6.45) is -2.93. The van der Waals surface area contributed by atoms with Gasteiger partial charge in [-0.25, -0.2) is 9.67 Å². The van der Waals surface area contributed by atoms with E-state index in [1.165, 1.54) is 12.3 Å². The van der Waals surface area contributed by atoms with Crippen LogP contribution in [0.15, 0.2) is 59.5 Å². The number of alkyl halides is 3. The number of aryl methyl sites for hydroxylation is 1. The number of hydrogen-bond donors (Lipinski definition) is 1. The molecule has 2 heterocycles. The number of aromatic nitrogens is 4. The van der Waals surface area contributed by atoms with Crippen LogP contribution in [0.4, 0.5) is 13.2 Å². The first-order valence-corrected chi connectivity index (χ1v) is 8.52. The molecule has 5 nitrogen and oxygen atoms in total. The van der Waals surface area contributed by atoms with Crippen LogP contribution in [0.3, 0.4) is 0 Å². The van der Waals surface area contributed by atoms with Gasteiger partial charge >= 0.3 is 6.18 Å². The number of halogens is 3. The molecule has 2 aromatic carbocycles.